The van der Waals surface area contributed by atoms with Crippen LogP contribution in [0.4, 0.5) is 0 Å². The van der Waals surface area contributed by atoms with Crippen LogP contribution < -0.4 is 0 Å². The van der Waals surface area contributed by atoms with E-state index in [1.807, 2.05) is 6.08 Å². The van der Waals surface area contributed by atoms with E-state index in [2.05, 4.69) is 43.0 Å². The van der Waals surface area contributed by atoms with Crippen LogP contribution >= 0.6 is 22.6 Å². The fourth-order valence-corrected chi connectivity index (χ4v) is 0.481. The first kappa shape index (κ1) is 7.47. The number of rotatable bonds is 2. The minimum Gasteiger partial charge on any atom is -0.103 e. The van der Waals surface area contributed by atoms with E-state index >= 15 is 0 Å². The summed E-state index contributed by atoms with van der Waals surface area (Å²) < 4.78 is 0.718. The molecule has 0 bridgehead atoms. The van der Waals surface area contributed by atoms with E-state index in [1.165, 1.54) is 0 Å². The Bertz CT molecular complexity index is 57.2. The number of hydrogen-bond donors (Lipinski definition) is 0. The zero-order valence-electron chi connectivity index (χ0n) is 4.82. The third-order valence-electron chi connectivity index (χ3n) is 1.10. The first-order valence-electron chi connectivity index (χ1n) is 2.45. The van der Waals surface area contributed by atoms with E-state index < -0.39 is 0 Å². The molecule has 0 spiro atoms. The second kappa shape index (κ2) is 3.47. The standard InChI is InChI=1S/C6H11I/c1-4-5(2)6(3)7/h4-6H,1H2,2-3H3. The van der Waals surface area contributed by atoms with E-state index in [0.717, 1.165) is 3.92 Å². The Hall–Kier alpha value is 0.470. The summed E-state index contributed by atoms with van der Waals surface area (Å²) in [4.78, 5) is 0. The summed E-state index contributed by atoms with van der Waals surface area (Å²) in [5, 5.41) is 0. The lowest BCUT2D eigenvalue weighted by molar-refractivity contribution is 0.740. The highest BCUT2D eigenvalue weighted by atomic mass is 127. The van der Waals surface area contributed by atoms with Crippen LogP contribution in [0, 0.1) is 5.92 Å². The van der Waals surface area contributed by atoms with Gasteiger partial charge in [-0.2, -0.15) is 0 Å². The van der Waals surface area contributed by atoms with Gasteiger partial charge in [0.25, 0.3) is 0 Å². The Labute approximate surface area is 59.1 Å². The molecular weight excluding hydrogens is 199 g/mol. The number of allylic oxidation sites excluding steroid dienone is 1. The van der Waals surface area contributed by atoms with Gasteiger partial charge in [-0.1, -0.05) is 42.5 Å². The Kier molecular flexibility index (Phi) is 3.70. The second-order valence-corrected chi connectivity index (χ2v) is 3.74. The molecule has 42 valence electrons. The van der Waals surface area contributed by atoms with Crippen molar-refractivity contribution >= 4 is 22.6 Å². The lowest BCUT2D eigenvalue weighted by Gasteiger charge is -2.05. The number of halogens is 1. The highest BCUT2D eigenvalue weighted by Gasteiger charge is 2.00. The SMILES string of the molecule is C=CC(C)C(C)I. The first-order valence-corrected chi connectivity index (χ1v) is 3.69. The van der Waals surface area contributed by atoms with Gasteiger partial charge in [0.2, 0.25) is 0 Å². The fourth-order valence-electron chi connectivity index (χ4n) is 0.188. The van der Waals surface area contributed by atoms with Crippen LogP contribution in [0.5, 0.6) is 0 Å². The molecule has 0 amide bonds. The minimum atomic E-state index is 0.653. The van der Waals surface area contributed by atoms with E-state index in [-0.39, 0.29) is 0 Å². The van der Waals surface area contributed by atoms with Gasteiger partial charge in [-0.15, -0.1) is 6.58 Å². The smallest absolute Gasteiger partial charge is 0.0141 e. The topological polar surface area (TPSA) is 0 Å². The molecule has 1 heteroatoms. The summed E-state index contributed by atoms with van der Waals surface area (Å²) in [6.07, 6.45) is 1.98. The summed E-state index contributed by atoms with van der Waals surface area (Å²) in [7, 11) is 0. The molecule has 0 aliphatic rings. The largest absolute Gasteiger partial charge is 0.103 e. The van der Waals surface area contributed by atoms with Crippen molar-refractivity contribution < 1.29 is 0 Å². The lowest BCUT2D eigenvalue weighted by atomic mass is 10.1. The molecule has 0 radical (unpaired) electrons. The van der Waals surface area contributed by atoms with Gasteiger partial charge in [0.05, 0.1) is 0 Å². The van der Waals surface area contributed by atoms with Gasteiger partial charge in [0.15, 0.2) is 0 Å². The Morgan fingerprint density at radius 2 is 2.00 bits per heavy atom. The van der Waals surface area contributed by atoms with Crippen LogP contribution in [-0.4, -0.2) is 3.92 Å². The molecule has 0 N–H and O–H groups in total. The third-order valence-corrected chi connectivity index (χ3v) is 2.23. The van der Waals surface area contributed by atoms with Crippen molar-refractivity contribution in [3.8, 4) is 0 Å². The van der Waals surface area contributed by atoms with Crippen molar-refractivity contribution in [1.29, 1.82) is 0 Å². The summed E-state index contributed by atoms with van der Waals surface area (Å²) >= 11 is 2.40. The van der Waals surface area contributed by atoms with E-state index in [4.69, 9.17) is 0 Å². The maximum atomic E-state index is 3.68. The molecule has 0 aliphatic heterocycles. The van der Waals surface area contributed by atoms with Crippen molar-refractivity contribution in [3.63, 3.8) is 0 Å². The molecular formula is C6H11I. The molecule has 0 nitrogen and oxygen atoms in total. The highest BCUT2D eigenvalue weighted by molar-refractivity contribution is 14.1. The van der Waals surface area contributed by atoms with E-state index in [1.54, 1.807) is 0 Å². The molecule has 0 aromatic heterocycles. The summed E-state index contributed by atoms with van der Waals surface area (Å²) in [5.74, 6) is 0.653. The van der Waals surface area contributed by atoms with Gasteiger partial charge >= 0.3 is 0 Å². The van der Waals surface area contributed by atoms with Gasteiger partial charge in [-0.05, 0) is 5.92 Å². The first-order chi connectivity index (χ1) is 3.18. The number of hydrogen-bond acceptors (Lipinski definition) is 0. The zero-order valence-corrected chi connectivity index (χ0v) is 6.97. The fraction of sp³-hybridized carbons (Fsp3) is 0.667. The monoisotopic (exact) mass is 210 g/mol. The Balaban J connectivity index is 3.33. The molecule has 2 atom stereocenters. The Morgan fingerprint density at radius 3 is 2.00 bits per heavy atom. The van der Waals surface area contributed by atoms with Gasteiger partial charge in [-0.3, -0.25) is 0 Å². The molecule has 7 heavy (non-hydrogen) atoms. The van der Waals surface area contributed by atoms with E-state index in [9.17, 15) is 0 Å². The third kappa shape index (κ3) is 3.09. The average molecular weight is 210 g/mol. The lowest BCUT2D eigenvalue weighted by Crippen LogP contribution is -2.00. The minimum absolute atomic E-state index is 0.653. The van der Waals surface area contributed by atoms with Crippen LogP contribution in [0.15, 0.2) is 12.7 Å². The number of alkyl halides is 1. The predicted octanol–water partition coefficient (Wildman–Crippen LogP) is 2.63. The average Bonchev–Trinajstić information content (AvgIpc) is 1.65. The van der Waals surface area contributed by atoms with Crippen LogP contribution in [0.2, 0.25) is 0 Å². The van der Waals surface area contributed by atoms with Gasteiger partial charge in [-0.25, -0.2) is 0 Å². The molecule has 0 saturated carbocycles. The van der Waals surface area contributed by atoms with Crippen molar-refractivity contribution in [1.82, 2.24) is 0 Å². The van der Waals surface area contributed by atoms with Crippen LogP contribution in [0.25, 0.3) is 0 Å². The maximum Gasteiger partial charge on any atom is 0.0141 e. The van der Waals surface area contributed by atoms with E-state index in [0.29, 0.717) is 5.92 Å². The summed E-state index contributed by atoms with van der Waals surface area (Å²) in [5.41, 5.74) is 0. The molecule has 2 unspecified atom stereocenters. The molecule has 0 saturated heterocycles. The van der Waals surface area contributed by atoms with Crippen LogP contribution in [0.1, 0.15) is 13.8 Å². The Morgan fingerprint density at radius 1 is 1.57 bits per heavy atom. The summed E-state index contributed by atoms with van der Waals surface area (Å²) in [6, 6.07) is 0. The van der Waals surface area contributed by atoms with Gasteiger partial charge in [0, 0.05) is 3.92 Å². The molecule has 0 aliphatic carbocycles. The maximum absolute atomic E-state index is 3.68. The molecule has 0 aromatic carbocycles. The van der Waals surface area contributed by atoms with Crippen molar-refractivity contribution in [3.05, 3.63) is 12.7 Å². The second-order valence-electron chi connectivity index (χ2n) is 1.77. The van der Waals surface area contributed by atoms with Crippen LogP contribution in [-0.2, 0) is 0 Å². The normalized spacial score (nSPS) is 18.1. The molecule has 0 heterocycles. The van der Waals surface area contributed by atoms with Crippen molar-refractivity contribution in [2.45, 2.75) is 17.8 Å². The van der Waals surface area contributed by atoms with Gasteiger partial charge in [0.1, 0.15) is 0 Å². The van der Waals surface area contributed by atoms with Crippen molar-refractivity contribution in [2.75, 3.05) is 0 Å². The molecule has 0 rings (SSSR count). The summed E-state index contributed by atoms with van der Waals surface area (Å²) in [6.45, 7) is 8.04. The van der Waals surface area contributed by atoms with Crippen LogP contribution in [0.3, 0.4) is 0 Å². The van der Waals surface area contributed by atoms with Crippen molar-refractivity contribution in [2.24, 2.45) is 5.92 Å². The highest BCUT2D eigenvalue weighted by Crippen LogP contribution is 2.11. The molecule has 0 aromatic rings. The molecule has 0 fully saturated rings. The predicted molar refractivity (Wildman–Crippen MR) is 42.8 cm³/mol. The zero-order chi connectivity index (χ0) is 5.86. The van der Waals surface area contributed by atoms with Gasteiger partial charge < -0.3 is 0 Å². The quantitative estimate of drug-likeness (QED) is 0.373.